The second kappa shape index (κ2) is 5.89. The molecule has 1 aliphatic rings. The average Bonchev–Trinajstić information content (AvgIpc) is 2.39. The molecule has 0 unspecified atom stereocenters. The lowest BCUT2D eigenvalue weighted by Gasteiger charge is -2.35. The van der Waals surface area contributed by atoms with Crippen LogP contribution >= 0.6 is 15.9 Å². The van der Waals surface area contributed by atoms with Crippen LogP contribution in [0.15, 0.2) is 16.7 Å². The summed E-state index contributed by atoms with van der Waals surface area (Å²) in [4.78, 5) is 4.26. The number of nitrogen functional groups attached to an aromatic ring is 1. The smallest absolute Gasteiger partial charge is 0.149 e. The lowest BCUT2D eigenvalue weighted by Crippen LogP contribution is -2.35. The minimum atomic E-state index is -0.000552. The largest absolute Gasteiger partial charge is 0.396 e. The maximum Gasteiger partial charge on any atom is 0.149 e. The van der Waals surface area contributed by atoms with Crippen LogP contribution in [0.25, 0.3) is 0 Å². The van der Waals surface area contributed by atoms with Gasteiger partial charge < -0.3 is 16.2 Å². The Labute approximate surface area is 116 Å². The van der Waals surface area contributed by atoms with Gasteiger partial charge in [0.25, 0.3) is 0 Å². The highest BCUT2D eigenvalue weighted by molar-refractivity contribution is 9.10. The van der Waals surface area contributed by atoms with E-state index < -0.39 is 0 Å². The van der Waals surface area contributed by atoms with Crippen LogP contribution in [0.1, 0.15) is 32.1 Å². The maximum atomic E-state index is 9.63. The summed E-state index contributed by atoms with van der Waals surface area (Å²) in [6.45, 7) is 0.971. The zero-order valence-electron chi connectivity index (χ0n) is 10.5. The van der Waals surface area contributed by atoms with Gasteiger partial charge in [0, 0.05) is 22.6 Å². The fourth-order valence-corrected chi connectivity index (χ4v) is 2.92. The van der Waals surface area contributed by atoms with Gasteiger partial charge in [-0.1, -0.05) is 19.3 Å². The van der Waals surface area contributed by atoms with Gasteiger partial charge in [-0.2, -0.15) is 0 Å². The normalized spacial score (nSPS) is 18.6. The zero-order chi connectivity index (χ0) is 13.0. The molecule has 1 saturated carbocycles. The van der Waals surface area contributed by atoms with Crippen molar-refractivity contribution in [3.05, 3.63) is 16.7 Å². The molecule has 1 aromatic rings. The van der Waals surface area contributed by atoms with Crippen molar-refractivity contribution in [2.24, 2.45) is 5.41 Å². The van der Waals surface area contributed by atoms with E-state index in [9.17, 15) is 5.11 Å². The third kappa shape index (κ3) is 3.14. The standard InChI is InChI=1S/C13H20BrN3O/c14-10-6-11(15)12(16-7-10)17-8-13(9-18)4-2-1-3-5-13/h6-7,18H,1-5,8-9,15H2,(H,16,17). The van der Waals surface area contributed by atoms with Crippen molar-refractivity contribution in [2.75, 3.05) is 24.2 Å². The van der Waals surface area contributed by atoms with E-state index in [1.54, 1.807) is 6.20 Å². The molecule has 1 fully saturated rings. The summed E-state index contributed by atoms with van der Waals surface area (Å²) in [5, 5.41) is 12.9. The van der Waals surface area contributed by atoms with Gasteiger partial charge in [-0.3, -0.25) is 0 Å². The minimum Gasteiger partial charge on any atom is -0.396 e. The summed E-state index contributed by atoms with van der Waals surface area (Å²) in [5.74, 6) is 0.705. The molecule has 0 saturated heterocycles. The number of nitrogens with one attached hydrogen (secondary N) is 1. The summed E-state index contributed by atoms with van der Waals surface area (Å²) >= 11 is 3.34. The van der Waals surface area contributed by atoms with Crippen LogP contribution in [-0.2, 0) is 0 Å². The van der Waals surface area contributed by atoms with Gasteiger partial charge in [-0.05, 0) is 34.8 Å². The molecule has 0 aliphatic heterocycles. The van der Waals surface area contributed by atoms with Gasteiger partial charge in [0.1, 0.15) is 5.82 Å². The highest BCUT2D eigenvalue weighted by Gasteiger charge is 2.31. The number of nitrogens with two attached hydrogens (primary N) is 1. The van der Waals surface area contributed by atoms with Crippen LogP contribution in [0.3, 0.4) is 0 Å². The summed E-state index contributed by atoms with van der Waals surface area (Å²) in [6, 6.07) is 1.84. The Balaban J connectivity index is 2.01. The number of nitrogens with zero attached hydrogens (tertiary/aromatic N) is 1. The Hall–Kier alpha value is -0.810. The fourth-order valence-electron chi connectivity index (χ4n) is 2.57. The molecule has 0 bridgehead atoms. The molecule has 0 amide bonds. The molecule has 1 aromatic heterocycles. The summed E-state index contributed by atoms with van der Waals surface area (Å²) in [5.41, 5.74) is 6.54. The summed E-state index contributed by atoms with van der Waals surface area (Å²) < 4.78 is 0.875. The van der Waals surface area contributed by atoms with Crippen LogP contribution in [0.4, 0.5) is 11.5 Å². The number of aromatic nitrogens is 1. The third-order valence-electron chi connectivity index (χ3n) is 3.76. The number of anilines is 2. The van der Waals surface area contributed by atoms with E-state index in [4.69, 9.17) is 5.73 Å². The van der Waals surface area contributed by atoms with Gasteiger partial charge in [-0.15, -0.1) is 0 Å². The number of hydrogen-bond acceptors (Lipinski definition) is 4. The molecule has 0 spiro atoms. The monoisotopic (exact) mass is 313 g/mol. The number of rotatable bonds is 4. The van der Waals surface area contributed by atoms with Gasteiger partial charge in [0.15, 0.2) is 0 Å². The highest BCUT2D eigenvalue weighted by Crippen LogP contribution is 2.36. The van der Waals surface area contributed by atoms with E-state index in [0.29, 0.717) is 11.5 Å². The van der Waals surface area contributed by atoms with Crippen LogP contribution in [-0.4, -0.2) is 23.2 Å². The van der Waals surface area contributed by atoms with Crippen molar-refractivity contribution in [2.45, 2.75) is 32.1 Å². The van der Waals surface area contributed by atoms with Crippen LogP contribution < -0.4 is 11.1 Å². The van der Waals surface area contributed by atoms with E-state index in [1.807, 2.05) is 6.07 Å². The molecule has 4 N–H and O–H groups in total. The van der Waals surface area contributed by atoms with E-state index in [1.165, 1.54) is 19.3 Å². The van der Waals surface area contributed by atoms with Crippen molar-refractivity contribution in [3.63, 3.8) is 0 Å². The molecule has 1 heterocycles. The molecule has 4 nitrogen and oxygen atoms in total. The van der Waals surface area contributed by atoms with E-state index >= 15 is 0 Å². The van der Waals surface area contributed by atoms with Crippen molar-refractivity contribution >= 4 is 27.4 Å². The molecule has 100 valence electrons. The van der Waals surface area contributed by atoms with Gasteiger partial charge in [0.05, 0.1) is 12.3 Å². The lowest BCUT2D eigenvalue weighted by atomic mass is 9.74. The first kappa shape index (κ1) is 13.6. The number of hydrogen-bond donors (Lipinski definition) is 3. The Bertz CT molecular complexity index is 405. The number of pyridine rings is 1. The zero-order valence-corrected chi connectivity index (χ0v) is 12.0. The van der Waals surface area contributed by atoms with Crippen molar-refractivity contribution in [3.8, 4) is 0 Å². The van der Waals surface area contributed by atoms with Crippen molar-refractivity contribution in [1.29, 1.82) is 0 Å². The molecule has 2 rings (SSSR count). The van der Waals surface area contributed by atoms with Crippen LogP contribution in [0, 0.1) is 5.41 Å². The SMILES string of the molecule is Nc1cc(Br)cnc1NCC1(CO)CCCCC1. The Kier molecular flexibility index (Phi) is 4.45. The molecular weight excluding hydrogens is 294 g/mol. The van der Waals surface area contributed by atoms with Gasteiger partial charge >= 0.3 is 0 Å². The minimum absolute atomic E-state index is 0.000552. The highest BCUT2D eigenvalue weighted by atomic mass is 79.9. The Morgan fingerprint density at radius 2 is 2.11 bits per heavy atom. The van der Waals surface area contributed by atoms with Crippen LogP contribution in [0.5, 0.6) is 0 Å². The summed E-state index contributed by atoms with van der Waals surface area (Å²) in [6.07, 6.45) is 7.56. The second-order valence-electron chi connectivity index (χ2n) is 5.16. The van der Waals surface area contributed by atoms with E-state index in [2.05, 4.69) is 26.2 Å². The van der Waals surface area contributed by atoms with E-state index in [0.717, 1.165) is 23.9 Å². The van der Waals surface area contributed by atoms with Crippen molar-refractivity contribution in [1.82, 2.24) is 4.98 Å². The average molecular weight is 314 g/mol. The van der Waals surface area contributed by atoms with E-state index in [-0.39, 0.29) is 12.0 Å². The fraction of sp³-hybridized carbons (Fsp3) is 0.615. The first-order valence-corrected chi connectivity index (χ1v) is 7.20. The number of aliphatic hydroxyl groups is 1. The topological polar surface area (TPSA) is 71.2 Å². The summed E-state index contributed by atoms with van der Waals surface area (Å²) in [7, 11) is 0. The number of aliphatic hydroxyl groups excluding tert-OH is 1. The van der Waals surface area contributed by atoms with Gasteiger partial charge in [0.2, 0.25) is 0 Å². The molecule has 18 heavy (non-hydrogen) atoms. The van der Waals surface area contributed by atoms with Crippen LogP contribution in [0.2, 0.25) is 0 Å². The third-order valence-corrected chi connectivity index (χ3v) is 4.20. The molecular formula is C13H20BrN3O. The Morgan fingerprint density at radius 3 is 2.72 bits per heavy atom. The maximum absolute atomic E-state index is 9.63. The quantitative estimate of drug-likeness (QED) is 0.799. The molecule has 0 radical (unpaired) electrons. The lowest BCUT2D eigenvalue weighted by molar-refractivity contribution is 0.0943. The second-order valence-corrected chi connectivity index (χ2v) is 6.08. The predicted molar refractivity (Wildman–Crippen MR) is 77.4 cm³/mol. The first-order valence-electron chi connectivity index (χ1n) is 6.41. The predicted octanol–water partition coefficient (Wildman–Crippen LogP) is 2.78. The molecule has 5 heteroatoms. The molecule has 0 aromatic carbocycles. The van der Waals surface area contributed by atoms with Gasteiger partial charge in [-0.25, -0.2) is 4.98 Å². The first-order chi connectivity index (χ1) is 8.65. The molecule has 1 aliphatic carbocycles. The Morgan fingerprint density at radius 1 is 1.39 bits per heavy atom. The van der Waals surface area contributed by atoms with Crippen molar-refractivity contribution < 1.29 is 5.11 Å². The number of halogens is 1. The molecule has 0 atom stereocenters.